The fraction of sp³-hybridized carbons (Fsp3) is 0.340. The first-order valence-corrected chi connectivity index (χ1v) is 21.1. The minimum atomic E-state index is -5.13. The van der Waals surface area contributed by atoms with Crippen molar-refractivity contribution < 1.29 is 31.5 Å². The van der Waals surface area contributed by atoms with E-state index in [-0.39, 0.29) is 64.4 Å². The van der Waals surface area contributed by atoms with Crippen LogP contribution in [0.2, 0.25) is 0 Å². The second-order valence-electron chi connectivity index (χ2n) is 17.7. The minimum absolute atomic E-state index is 0.0487. The van der Waals surface area contributed by atoms with E-state index in [0.29, 0.717) is 67.4 Å². The molecular weight excluding hydrogens is 848 g/mol. The molecular formula is C47H43F5N10O3. The number of ether oxygens (including phenoxy) is 1. The van der Waals surface area contributed by atoms with E-state index >= 15 is 4.39 Å². The van der Waals surface area contributed by atoms with Crippen LogP contribution in [0.3, 0.4) is 0 Å². The number of nitriles is 1. The van der Waals surface area contributed by atoms with Crippen LogP contribution in [0.5, 0.6) is 5.75 Å². The Kier molecular flexibility index (Phi) is 11.0. The number of hydrogen-bond acceptors (Lipinski definition) is 9. The SMILES string of the molecule is Cc1nc(-c2ccc(F)cc2OC(F)(F)F)nc2c1n(-c1ccc(C(=O)N3CCc4c(n(Cc5ccc(C#N)cc5F)c5ncccc45)C3)nc1)c(=O)n2C1CCN(CC(C)(C)C)CC1. The summed E-state index contributed by atoms with van der Waals surface area (Å²) in [5, 5.41) is 10.2. The Morgan fingerprint density at radius 3 is 2.43 bits per heavy atom. The number of carbonyl (C=O) groups excluding carboxylic acids is 1. The molecule has 0 radical (unpaired) electrons. The zero-order chi connectivity index (χ0) is 45.9. The maximum absolute atomic E-state index is 15.2. The van der Waals surface area contributed by atoms with E-state index in [4.69, 9.17) is 4.98 Å². The predicted molar refractivity (Wildman–Crippen MR) is 230 cm³/mol. The van der Waals surface area contributed by atoms with E-state index in [1.807, 2.05) is 22.8 Å². The van der Waals surface area contributed by atoms with Crippen LogP contribution in [0.4, 0.5) is 22.0 Å². The van der Waals surface area contributed by atoms with Gasteiger partial charge in [-0.05, 0) is 85.7 Å². The summed E-state index contributed by atoms with van der Waals surface area (Å²) in [7, 11) is 0. The summed E-state index contributed by atoms with van der Waals surface area (Å²) in [6.07, 6.45) is -0.361. The van der Waals surface area contributed by atoms with E-state index in [2.05, 4.69) is 45.4 Å². The van der Waals surface area contributed by atoms with Crippen LogP contribution < -0.4 is 10.4 Å². The first-order chi connectivity index (χ1) is 31.0. The first kappa shape index (κ1) is 43.3. The van der Waals surface area contributed by atoms with Crippen LogP contribution in [0.15, 0.2) is 77.9 Å². The number of carbonyl (C=O) groups is 1. The molecule has 2 aromatic carbocycles. The average molecular weight is 891 g/mol. The lowest BCUT2D eigenvalue weighted by Gasteiger charge is -2.36. The molecule has 65 heavy (non-hydrogen) atoms. The molecule has 0 saturated carbocycles. The molecule has 18 heteroatoms. The molecule has 7 heterocycles. The molecule has 0 bridgehead atoms. The van der Waals surface area contributed by atoms with Crippen molar-refractivity contribution in [2.75, 3.05) is 26.2 Å². The molecule has 2 aliphatic heterocycles. The van der Waals surface area contributed by atoms with Gasteiger partial charge in [-0.25, -0.2) is 33.5 Å². The number of rotatable bonds is 8. The molecule has 9 rings (SSSR count). The van der Waals surface area contributed by atoms with Gasteiger partial charge in [-0.1, -0.05) is 26.8 Å². The van der Waals surface area contributed by atoms with Gasteiger partial charge in [-0.15, -0.1) is 13.2 Å². The van der Waals surface area contributed by atoms with Crippen LogP contribution in [-0.2, 0) is 19.5 Å². The van der Waals surface area contributed by atoms with Crippen molar-refractivity contribution in [3.63, 3.8) is 0 Å². The third kappa shape index (κ3) is 8.43. The molecule has 13 nitrogen and oxygen atoms in total. The van der Waals surface area contributed by atoms with E-state index < -0.39 is 29.4 Å². The Morgan fingerprint density at radius 2 is 1.74 bits per heavy atom. The molecule has 0 unspecified atom stereocenters. The maximum atomic E-state index is 15.2. The van der Waals surface area contributed by atoms with Gasteiger partial charge in [0.05, 0.1) is 47.9 Å². The number of imidazole rings is 1. The number of halogens is 5. The molecule has 2 aliphatic rings. The van der Waals surface area contributed by atoms with Gasteiger partial charge in [0.25, 0.3) is 5.91 Å². The molecule has 1 fully saturated rings. The van der Waals surface area contributed by atoms with Gasteiger partial charge in [-0.2, -0.15) is 5.26 Å². The molecule has 5 aromatic heterocycles. The Hall–Kier alpha value is -7.00. The molecule has 7 aromatic rings. The number of aryl methyl sites for hydroxylation is 1. The van der Waals surface area contributed by atoms with Crippen molar-refractivity contribution in [2.24, 2.45) is 5.41 Å². The monoisotopic (exact) mass is 890 g/mol. The molecule has 1 amide bonds. The van der Waals surface area contributed by atoms with Crippen molar-refractivity contribution >= 4 is 28.1 Å². The quantitative estimate of drug-likeness (QED) is 0.138. The largest absolute Gasteiger partial charge is 0.573 e. The summed E-state index contributed by atoms with van der Waals surface area (Å²) < 4.78 is 79.0. The van der Waals surface area contributed by atoms with Gasteiger partial charge in [-0.3, -0.25) is 13.9 Å². The average Bonchev–Trinajstić information content (AvgIpc) is 3.74. The van der Waals surface area contributed by atoms with Crippen LogP contribution in [0.1, 0.15) is 78.2 Å². The fourth-order valence-electron chi connectivity index (χ4n) is 9.19. The lowest BCUT2D eigenvalue weighted by atomic mass is 9.94. The lowest BCUT2D eigenvalue weighted by Crippen LogP contribution is -2.41. The zero-order valence-electron chi connectivity index (χ0n) is 36.0. The number of benzene rings is 2. The molecule has 0 spiro atoms. The molecule has 1 saturated heterocycles. The number of likely N-dealkylation sites (tertiary alicyclic amines) is 1. The molecule has 0 atom stereocenters. The Labute approximate surface area is 369 Å². The highest BCUT2D eigenvalue weighted by molar-refractivity contribution is 5.93. The van der Waals surface area contributed by atoms with Crippen molar-refractivity contribution in [3.05, 3.63) is 129 Å². The Morgan fingerprint density at radius 1 is 0.954 bits per heavy atom. The van der Waals surface area contributed by atoms with Crippen LogP contribution in [0.25, 0.3) is 39.3 Å². The highest BCUT2D eigenvalue weighted by atomic mass is 19.4. The van der Waals surface area contributed by atoms with Gasteiger partial charge in [0, 0.05) is 61.1 Å². The molecule has 0 N–H and O–H groups in total. The maximum Gasteiger partial charge on any atom is 0.573 e. The third-order valence-corrected chi connectivity index (χ3v) is 12.0. The second kappa shape index (κ2) is 16.5. The number of aromatic nitrogens is 7. The summed E-state index contributed by atoms with van der Waals surface area (Å²) in [6.45, 7) is 11.0. The minimum Gasteiger partial charge on any atom is -0.405 e. The third-order valence-electron chi connectivity index (χ3n) is 12.0. The zero-order valence-corrected chi connectivity index (χ0v) is 36.0. The first-order valence-electron chi connectivity index (χ1n) is 21.1. The smallest absolute Gasteiger partial charge is 0.405 e. The van der Waals surface area contributed by atoms with Gasteiger partial charge in [0.1, 0.15) is 34.2 Å². The number of pyridine rings is 2. The van der Waals surface area contributed by atoms with Crippen molar-refractivity contribution in [1.82, 2.24) is 43.4 Å². The summed E-state index contributed by atoms with van der Waals surface area (Å²) in [6, 6.07) is 15.6. The van der Waals surface area contributed by atoms with E-state index in [9.17, 15) is 32.4 Å². The van der Waals surface area contributed by atoms with Crippen LogP contribution in [-0.4, -0.2) is 81.9 Å². The van der Waals surface area contributed by atoms with Gasteiger partial charge in [0.2, 0.25) is 0 Å². The number of piperidine rings is 1. The summed E-state index contributed by atoms with van der Waals surface area (Å²) in [5.74, 6) is -2.85. The van der Waals surface area contributed by atoms with Gasteiger partial charge >= 0.3 is 12.1 Å². The summed E-state index contributed by atoms with van der Waals surface area (Å²) in [5.41, 5.74) is 3.53. The summed E-state index contributed by atoms with van der Waals surface area (Å²) in [4.78, 5) is 51.3. The highest BCUT2D eigenvalue weighted by Crippen LogP contribution is 2.36. The van der Waals surface area contributed by atoms with E-state index in [1.165, 1.54) is 22.9 Å². The molecule has 0 aliphatic carbocycles. The second-order valence-corrected chi connectivity index (χ2v) is 17.7. The highest BCUT2D eigenvalue weighted by Gasteiger charge is 2.35. The normalized spacial score (nSPS) is 15.1. The van der Waals surface area contributed by atoms with E-state index in [0.717, 1.165) is 35.3 Å². The topological polar surface area (TPSA) is 140 Å². The fourth-order valence-corrected chi connectivity index (χ4v) is 9.19. The van der Waals surface area contributed by atoms with Gasteiger partial charge < -0.3 is 19.1 Å². The molecule has 334 valence electrons. The predicted octanol–water partition coefficient (Wildman–Crippen LogP) is 8.28. The number of nitrogens with zero attached hydrogens (tertiary/aromatic N) is 10. The van der Waals surface area contributed by atoms with Crippen molar-refractivity contribution in [1.29, 1.82) is 5.26 Å². The van der Waals surface area contributed by atoms with Crippen LogP contribution >= 0.6 is 0 Å². The van der Waals surface area contributed by atoms with Crippen molar-refractivity contribution in [2.45, 2.75) is 72.5 Å². The summed E-state index contributed by atoms with van der Waals surface area (Å²) >= 11 is 0. The van der Waals surface area contributed by atoms with E-state index in [1.54, 1.807) is 40.8 Å². The number of amides is 1. The Balaban J connectivity index is 1.06. The number of alkyl halides is 3. The van der Waals surface area contributed by atoms with Gasteiger partial charge in [0.15, 0.2) is 11.5 Å². The Bertz CT molecular complexity index is 3100. The number of fused-ring (bicyclic) bond motifs is 4. The van der Waals surface area contributed by atoms with Crippen molar-refractivity contribution in [3.8, 4) is 28.9 Å². The number of hydrogen-bond donors (Lipinski definition) is 0. The lowest BCUT2D eigenvalue weighted by molar-refractivity contribution is -0.274. The standard InChI is InChI=1S/C47H43F5N10O3/c1-27-40-43(57-41(56-27)35-11-9-30(48)21-39(35)65-47(50,51)52)62(31-13-17-58(18-14-31)26-46(2,3)4)45(64)61(40)32-10-12-37(55-23-32)44(63)59-19-15-33-34-6-5-16-54-42(34)60(38(33)25-59)24-29-8-7-28(22-53)20-36(29)49/h5-12,16,20-21,23,31H,13-15,17-19,24-26H2,1-4H3. The van der Waals surface area contributed by atoms with Crippen LogP contribution in [0, 0.1) is 35.3 Å².